The minimum atomic E-state index is -0.285. The maximum atomic E-state index is 5.09. The Kier molecular flexibility index (Phi) is 1.26. The zero-order chi connectivity index (χ0) is 6.04. The average Bonchev–Trinajstić information content (AvgIpc) is 2.45. The Hall–Kier alpha value is -0.500. The van der Waals surface area contributed by atoms with Crippen molar-refractivity contribution in [2.75, 3.05) is 6.61 Å². The molecule has 1 heterocycles. The van der Waals surface area contributed by atoms with Crippen molar-refractivity contribution >= 4 is 0 Å². The molecule has 0 spiro atoms. The van der Waals surface area contributed by atoms with Gasteiger partial charge >= 0.3 is 0 Å². The predicted octanol–water partition coefficient (Wildman–Crippen LogP) is 1.28. The first kappa shape index (κ1) is 5.63. The fourth-order valence-electron chi connectivity index (χ4n) is 0.382. The van der Waals surface area contributed by atoms with E-state index < -0.39 is 0 Å². The van der Waals surface area contributed by atoms with Crippen molar-refractivity contribution in [3.05, 3.63) is 12.3 Å². The van der Waals surface area contributed by atoms with Crippen LogP contribution in [-0.2, 0) is 9.47 Å². The standard InChI is InChI=1S/C6H10O2/c1-3-4-7-6(2)5-8-6/h3-4H,5H2,1-2H3/b4-3-. The normalized spacial score (nSPS) is 35.8. The highest BCUT2D eigenvalue weighted by Gasteiger charge is 2.40. The van der Waals surface area contributed by atoms with E-state index >= 15 is 0 Å². The Morgan fingerprint density at radius 2 is 2.38 bits per heavy atom. The van der Waals surface area contributed by atoms with Gasteiger partial charge < -0.3 is 9.47 Å². The molecule has 0 aromatic heterocycles. The Morgan fingerprint density at radius 1 is 1.75 bits per heavy atom. The van der Waals surface area contributed by atoms with Crippen LogP contribution in [0.4, 0.5) is 0 Å². The van der Waals surface area contributed by atoms with Crippen molar-refractivity contribution in [2.24, 2.45) is 0 Å². The molecule has 1 aliphatic heterocycles. The molecule has 0 amide bonds. The van der Waals surface area contributed by atoms with Crippen molar-refractivity contribution in [2.45, 2.75) is 19.6 Å². The number of ether oxygens (including phenoxy) is 2. The summed E-state index contributed by atoms with van der Waals surface area (Å²) < 4.78 is 10.0. The van der Waals surface area contributed by atoms with Gasteiger partial charge in [-0.05, 0) is 6.92 Å². The van der Waals surface area contributed by atoms with Gasteiger partial charge in [0, 0.05) is 6.92 Å². The van der Waals surface area contributed by atoms with Gasteiger partial charge in [0.1, 0.15) is 6.61 Å². The number of hydrogen-bond acceptors (Lipinski definition) is 2. The molecule has 8 heavy (non-hydrogen) atoms. The van der Waals surface area contributed by atoms with E-state index in [0.29, 0.717) is 0 Å². The Bertz CT molecular complexity index is 103. The summed E-state index contributed by atoms with van der Waals surface area (Å²) in [7, 11) is 0. The second kappa shape index (κ2) is 1.78. The number of epoxide rings is 1. The van der Waals surface area contributed by atoms with E-state index in [4.69, 9.17) is 9.47 Å². The van der Waals surface area contributed by atoms with Gasteiger partial charge in [-0.25, -0.2) is 0 Å². The third kappa shape index (κ3) is 1.23. The first-order chi connectivity index (χ1) is 3.77. The molecular weight excluding hydrogens is 104 g/mol. The van der Waals surface area contributed by atoms with E-state index in [-0.39, 0.29) is 5.79 Å². The maximum absolute atomic E-state index is 5.09. The molecule has 1 aliphatic rings. The molecule has 0 bridgehead atoms. The summed E-state index contributed by atoms with van der Waals surface area (Å²) in [6.07, 6.45) is 3.49. The molecule has 0 N–H and O–H groups in total. The summed E-state index contributed by atoms with van der Waals surface area (Å²) in [4.78, 5) is 0. The summed E-state index contributed by atoms with van der Waals surface area (Å²) >= 11 is 0. The minimum Gasteiger partial charge on any atom is -0.468 e. The molecule has 0 aliphatic carbocycles. The summed E-state index contributed by atoms with van der Waals surface area (Å²) in [6, 6.07) is 0. The fourth-order valence-corrected chi connectivity index (χ4v) is 0.382. The second-order valence-corrected chi connectivity index (χ2v) is 2.01. The molecule has 0 radical (unpaired) electrons. The van der Waals surface area contributed by atoms with E-state index in [1.54, 1.807) is 6.26 Å². The Morgan fingerprint density at radius 3 is 2.75 bits per heavy atom. The van der Waals surface area contributed by atoms with Gasteiger partial charge in [-0.2, -0.15) is 0 Å². The third-order valence-corrected chi connectivity index (χ3v) is 1.00. The monoisotopic (exact) mass is 114 g/mol. The summed E-state index contributed by atoms with van der Waals surface area (Å²) in [6.45, 7) is 4.54. The lowest BCUT2D eigenvalue weighted by Crippen LogP contribution is -2.04. The first-order valence-electron chi connectivity index (χ1n) is 2.70. The van der Waals surface area contributed by atoms with Gasteiger partial charge in [0.15, 0.2) is 0 Å². The molecule has 1 atom stereocenters. The van der Waals surface area contributed by atoms with Crippen LogP contribution in [0.25, 0.3) is 0 Å². The first-order valence-corrected chi connectivity index (χ1v) is 2.70. The van der Waals surface area contributed by atoms with Crippen molar-refractivity contribution in [3.63, 3.8) is 0 Å². The highest BCUT2D eigenvalue weighted by Crippen LogP contribution is 2.26. The van der Waals surface area contributed by atoms with Crippen LogP contribution in [0.1, 0.15) is 13.8 Å². The zero-order valence-corrected chi connectivity index (χ0v) is 5.18. The molecule has 0 aromatic rings. The topological polar surface area (TPSA) is 21.8 Å². The van der Waals surface area contributed by atoms with Crippen molar-refractivity contribution in [1.82, 2.24) is 0 Å². The van der Waals surface area contributed by atoms with Gasteiger partial charge in [-0.1, -0.05) is 6.08 Å². The molecule has 0 saturated carbocycles. The van der Waals surface area contributed by atoms with Crippen LogP contribution in [-0.4, -0.2) is 12.4 Å². The zero-order valence-electron chi connectivity index (χ0n) is 5.18. The van der Waals surface area contributed by atoms with E-state index in [1.165, 1.54) is 0 Å². The molecule has 1 rings (SSSR count). The highest BCUT2D eigenvalue weighted by molar-refractivity contribution is 4.80. The van der Waals surface area contributed by atoms with Gasteiger partial charge in [0.25, 0.3) is 0 Å². The fraction of sp³-hybridized carbons (Fsp3) is 0.667. The average molecular weight is 114 g/mol. The highest BCUT2D eigenvalue weighted by atomic mass is 16.8. The number of allylic oxidation sites excluding steroid dienone is 1. The largest absolute Gasteiger partial charge is 0.468 e. The number of hydrogen-bond donors (Lipinski definition) is 0. The SMILES string of the molecule is C/C=C\OC1(C)CO1. The summed E-state index contributed by atoms with van der Waals surface area (Å²) in [5.74, 6) is -0.285. The number of rotatable bonds is 2. The van der Waals surface area contributed by atoms with Gasteiger partial charge in [-0.15, -0.1) is 0 Å². The summed E-state index contributed by atoms with van der Waals surface area (Å²) in [5, 5.41) is 0. The van der Waals surface area contributed by atoms with Crippen molar-refractivity contribution in [1.29, 1.82) is 0 Å². The minimum absolute atomic E-state index is 0.285. The molecule has 46 valence electrons. The molecule has 2 heteroatoms. The lowest BCUT2D eigenvalue weighted by Gasteiger charge is -2.01. The lowest BCUT2D eigenvalue weighted by atomic mass is 10.5. The smallest absolute Gasteiger partial charge is 0.230 e. The van der Waals surface area contributed by atoms with E-state index in [0.717, 1.165) is 6.61 Å². The van der Waals surface area contributed by atoms with E-state index in [1.807, 2.05) is 19.9 Å². The van der Waals surface area contributed by atoms with Crippen LogP contribution in [0.15, 0.2) is 12.3 Å². The molecule has 1 unspecified atom stereocenters. The predicted molar refractivity (Wildman–Crippen MR) is 30.3 cm³/mol. The lowest BCUT2D eigenvalue weighted by molar-refractivity contribution is 0.0363. The van der Waals surface area contributed by atoms with E-state index in [2.05, 4.69) is 0 Å². The molecular formula is C6H10O2. The van der Waals surface area contributed by atoms with Gasteiger partial charge in [-0.3, -0.25) is 0 Å². The van der Waals surface area contributed by atoms with Gasteiger partial charge in [0.2, 0.25) is 5.79 Å². The van der Waals surface area contributed by atoms with Crippen LogP contribution in [0, 0.1) is 0 Å². The molecule has 0 aromatic carbocycles. The van der Waals surface area contributed by atoms with Crippen molar-refractivity contribution in [3.8, 4) is 0 Å². The van der Waals surface area contributed by atoms with E-state index in [9.17, 15) is 0 Å². The molecule has 1 saturated heterocycles. The third-order valence-electron chi connectivity index (χ3n) is 1.00. The maximum Gasteiger partial charge on any atom is 0.230 e. The second-order valence-electron chi connectivity index (χ2n) is 2.01. The van der Waals surface area contributed by atoms with Crippen molar-refractivity contribution < 1.29 is 9.47 Å². The quantitative estimate of drug-likeness (QED) is 0.398. The van der Waals surface area contributed by atoms with Crippen LogP contribution >= 0.6 is 0 Å². The van der Waals surface area contributed by atoms with Gasteiger partial charge in [0.05, 0.1) is 6.26 Å². The Labute approximate surface area is 49.1 Å². The molecule has 2 nitrogen and oxygen atoms in total. The Balaban J connectivity index is 2.19. The van der Waals surface area contributed by atoms with Crippen LogP contribution in [0.2, 0.25) is 0 Å². The summed E-state index contributed by atoms with van der Waals surface area (Å²) in [5.41, 5.74) is 0. The van der Waals surface area contributed by atoms with Crippen LogP contribution in [0.3, 0.4) is 0 Å². The van der Waals surface area contributed by atoms with Crippen LogP contribution < -0.4 is 0 Å². The molecule has 1 fully saturated rings. The van der Waals surface area contributed by atoms with Crippen LogP contribution in [0.5, 0.6) is 0 Å².